The Morgan fingerprint density at radius 1 is 1.33 bits per heavy atom. The summed E-state index contributed by atoms with van der Waals surface area (Å²) in [6.07, 6.45) is 6.72. The Morgan fingerprint density at radius 3 is 2.79 bits per heavy atom. The molecule has 0 unspecified atom stereocenters. The van der Waals surface area contributed by atoms with Crippen molar-refractivity contribution < 1.29 is 18.7 Å². The number of nitrogens with one attached hydrogen (secondary N) is 1. The maximum absolute atomic E-state index is 14.4. The molecule has 0 spiro atoms. The third-order valence-electron chi connectivity index (χ3n) is 4.37. The number of rotatable bonds is 4. The van der Waals surface area contributed by atoms with Crippen LogP contribution in [-0.2, 0) is 9.53 Å². The maximum atomic E-state index is 14.4. The molecule has 1 aromatic rings. The second-order valence-corrected chi connectivity index (χ2v) is 6.05. The largest absolute Gasteiger partial charge is 0.462 e. The fourth-order valence-corrected chi connectivity index (χ4v) is 3.12. The maximum Gasteiger partial charge on any atom is 0.343 e. The lowest BCUT2D eigenvalue weighted by molar-refractivity contribution is -0.138. The summed E-state index contributed by atoms with van der Waals surface area (Å²) < 4.78 is 19.2. The van der Waals surface area contributed by atoms with Gasteiger partial charge >= 0.3 is 5.97 Å². The monoisotopic (exact) mass is 331 g/mol. The van der Waals surface area contributed by atoms with E-state index in [1.165, 1.54) is 18.7 Å². The molecule has 1 aliphatic carbocycles. The number of ketones is 1. The van der Waals surface area contributed by atoms with Crippen molar-refractivity contribution in [3.05, 3.63) is 35.3 Å². The Kier molecular flexibility index (Phi) is 4.83. The second kappa shape index (κ2) is 7.03. The summed E-state index contributed by atoms with van der Waals surface area (Å²) in [5, 5.41) is 7.34. The molecule has 5 nitrogen and oxygen atoms in total. The molecule has 0 amide bonds. The Morgan fingerprint density at radius 2 is 2.08 bits per heavy atom. The van der Waals surface area contributed by atoms with E-state index in [2.05, 4.69) is 10.6 Å². The molecule has 3 rings (SSSR count). The molecule has 2 aliphatic rings. The molecule has 1 heterocycles. The minimum absolute atomic E-state index is 0.0900. The van der Waals surface area contributed by atoms with Gasteiger partial charge in [0.1, 0.15) is 11.4 Å². The van der Waals surface area contributed by atoms with Gasteiger partial charge in [-0.1, -0.05) is 19.3 Å². The van der Waals surface area contributed by atoms with Gasteiger partial charge in [0, 0.05) is 12.2 Å². The van der Waals surface area contributed by atoms with Crippen LogP contribution in [0.2, 0.25) is 0 Å². The predicted molar refractivity (Wildman–Crippen MR) is 87.7 cm³/mol. The number of nitrogens with zero attached hydrogens (tertiary/aromatic N) is 1. The van der Waals surface area contributed by atoms with Crippen LogP contribution in [-0.4, -0.2) is 24.4 Å². The van der Waals surface area contributed by atoms with Gasteiger partial charge in [0.25, 0.3) is 0 Å². The molecule has 0 aromatic heterocycles. The first-order chi connectivity index (χ1) is 11.6. The number of benzene rings is 1. The normalized spacial score (nSPS) is 17.6. The van der Waals surface area contributed by atoms with Gasteiger partial charge in [-0.25, -0.2) is 9.18 Å². The van der Waals surface area contributed by atoms with Gasteiger partial charge in [0.05, 0.1) is 23.5 Å². The quantitative estimate of drug-likeness (QED) is 0.678. The van der Waals surface area contributed by atoms with Crippen molar-refractivity contribution >= 4 is 23.1 Å². The zero-order chi connectivity index (χ0) is 17.1. The highest BCUT2D eigenvalue weighted by Gasteiger charge is 2.29. The Labute approximate surface area is 140 Å². The van der Waals surface area contributed by atoms with Gasteiger partial charge in [0.2, 0.25) is 5.78 Å². The van der Waals surface area contributed by atoms with Crippen LogP contribution in [0.5, 0.6) is 0 Å². The van der Waals surface area contributed by atoms with Crippen LogP contribution in [0.3, 0.4) is 0 Å². The van der Waals surface area contributed by atoms with E-state index in [1.54, 1.807) is 6.92 Å². The average Bonchev–Trinajstić information content (AvgIpc) is 2.58. The molecule has 0 saturated heterocycles. The SMILES string of the molecule is CCOC(=O)C1=C[N]c2cc(NC3CCCCC3)c(F)cc2C1=O. The van der Waals surface area contributed by atoms with Crippen molar-refractivity contribution in [2.75, 3.05) is 11.9 Å². The minimum atomic E-state index is -0.735. The van der Waals surface area contributed by atoms with Crippen molar-refractivity contribution in [1.29, 1.82) is 0 Å². The van der Waals surface area contributed by atoms with E-state index < -0.39 is 17.6 Å². The van der Waals surface area contributed by atoms with Crippen molar-refractivity contribution in [1.82, 2.24) is 5.32 Å². The fourth-order valence-electron chi connectivity index (χ4n) is 3.12. The highest BCUT2D eigenvalue weighted by atomic mass is 19.1. The first kappa shape index (κ1) is 16.5. The summed E-state index contributed by atoms with van der Waals surface area (Å²) in [4.78, 5) is 24.1. The molecule has 1 radical (unpaired) electrons. The molecule has 24 heavy (non-hydrogen) atoms. The van der Waals surface area contributed by atoms with Crippen LogP contribution in [0.15, 0.2) is 23.9 Å². The van der Waals surface area contributed by atoms with Crippen LogP contribution in [0.25, 0.3) is 0 Å². The molecule has 1 saturated carbocycles. The smallest absolute Gasteiger partial charge is 0.343 e. The molecule has 127 valence electrons. The fraction of sp³-hybridized carbons (Fsp3) is 0.444. The van der Waals surface area contributed by atoms with Crippen LogP contribution in [0, 0.1) is 5.82 Å². The molecule has 0 bridgehead atoms. The summed E-state index contributed by atoms with van der Waals surface area (Å²) >= 11 is 0. The van der Waals surface area contributed by atoms with Gasteiger partial charge in [0.15, 0.2) is 0 Å². The average molecular weight is 331 g/mol. The Balaban J connectivity index is 1.82. The van der Waals surface area contributed by atoms with Crippen molar-refractivity contribution in [2.45, 2.75) is 45.1 Å². The van der Waals surface area contributed by atoms with Crippen LogP contribution in [0.4, 0.5) is 15.8 Å². The first-order valence-electron chi connectivity index (χ1n) is 8.33. The molecular weight excluding hydrogens is 311 g/mol. The van der Waals surface area contributed by atoms with E-state index in [-0.39, 0.29) is 23.8 Å². The van der Waals surface area contributed by atoms with E-state index in [9.17, 15) is 14.0 Å². The number of Topliss-reactive ketones (excluding diaryl/α,β-unsaturated/α-hetero) is 1. The molecule has 6 heteroatoms. The van der Waals surface area contributed by atoms with E-state index in [0.29, 0.717) is 11.4 Å². The van der Waals surface area contributed by atoms with E-state index in [0.717, 1.165) is 31.7 Å². The van der Waals surface area contributed by atoms with Gasteiger partial charge in [-0.15, -0.1) is 0 Å². The number of hydrogen-bond acceptors (Lipinski definition) is 4. The summed E-state index contributed by atoms with van der Waals surface area (Å²) in [5.74, 6) is -1.80. The number of esters is 1. The van der Waals surface area contributed by atoms with Crippen molar-refractivity contribution in [2.24, 2.45) is 0 Å². The summed E-state index contributed by atoms with van der Waals surface area (Å²) in [7, 11) is 0. The van der Waals surface area contributed by atoms with Crippen LogP contribution in [0.1, 0.15) is 49.4 Å². The summed E-state index contributed by atoms with van der Waals surface area (Å²) in [6.45, 7) is 1.81. The van der Waals surface area contributed by atoms with Gasteiger partial charge in [-0.05, 0) is 31.9 Å². The third-order valence-corrected chi connectivity index (χ3v) is 4.37. The second-order valence-electron chi connectivity index (χ2n) is 6.05. The number of carbonyl (C=O) groups excluding carboxylic acids is 2. The highest BCUT2D eigenvalue weighted by Crippen LogP contribution is 2.31. The summed E-state index contributed by atoms with van der Waals surface area (Å²) in [6, 6.07) is 2.94. The molecular formula is C18H20FN2O3. The van der Waals surface area contributed by atoms with Gasteiger partial charge < -0.3 is 10.1 Å². The number of anilines is 1. The lowest BCUT2D eigenvalue weighted by atomic mass is 9.94. The van der Waals surface area contributed by atoms with Gasteiger partial charge in [-0.3, -0.25) is 10.1 Å². The van der Waals surface area contributed by atoms with E-state index in [4.69, 9.17) is 4.74 Å². The molecule has 1 fully saturated rings. The zero-order valence-electron chi connectivity index (χ0n) is 13.6. The number of hydrogen-bond donors (Lipinski definition) is 1. The first-order valence-corrected chi connectivity index (χ1v) is 8.33. The number of fused-ring (bicyclic) bond motifs is 1. The molecule has 1 aromatic carbocycles. The summed E-state index contributed by atoms with van der Waals surface area (Å²) in [5.41, 5.74) is 0.641. The zero-order valence-corrected chi connectivity index (χ0v) is 13.6. The topological polar surface area (TPSA) is 69.5 Å². The predicted octanol–water partition coefficient (Wildman–Crippen LogP) is 3.45. The van der Waals surface area contributed by atoms with Gasteiger partial charge in [-0.2, -0.15) is 0 Å². The standard InChI is InChI=1S/C18H20FN2O3/c1-2-24-18(23)13-10-20-15-9-16(14(19)8-12(15)17(13)22)21-11-6-4-3-5-7-11/h8-11,21H,2-7H2,1H3. The minimum Gasteiger partial charge on any atom is -0.462 e. The Bertz CT molecular complexity index is 694. The number of carbonyl (C=O) groups is 2. The van der Waals surface area contributed by atoms with Crippen molar-refractivity contribution in [3.63, 3.8) is 0 Å². The molecule has 0 atom stereocenters. The Hall–Kier alpha value is -2.37. The number of ether oxygens (including phenoxy) is 1. The highest BCUT2D eigenvalue weighted by molar-refractivity contribution is 6.26. The lowest BCUT2D eigenvalue weighted by Gasteiger charge is -2.25. The van der Waals surface area contributed by atoms with Crippen LogP contribution >= 0.6 is 0 Å². The van der Waals surface area contributed by atoms with E-state index >= 15 is 0 Å². The lowest BCUT2D eigenvalue weighted by Crippen LogP contribution is -2.24. The molecule has 1 aliphatic heterocycles. The number of halogens is 1. The van der Waals surface area contributed by atoms with Crippen LogP contribution < -0.4 is 10.6 Å². The molecule has 1 N–H and O–H groups in total. The van der Waals surface area contributed by atoms with E-state index in [1.807, 2.05) is 0 Å². The van der Waals surface area contributed by atoms with Crippen molar-refractivity contribution in [3.8, 4) is 0 Å². The third kappa shape index (κ3) is 3.27.